The van der Waals surface area contributed by atoms with Gasteiger partial charge in [0.05, 0.1) is 11.9 Å². The van der Waals surface area contributed by atoms with Crippen molar-refractivity contribution in [1.29, 1.82) is 0 Å². The maximum Gasteiger partial charge on any atom is 0.273 e. The van der Waals surface area contributed by atoms with Gasteiger partial charge < -0.3 is 5.11 Å². The number of anilines is 1. The highest BCUT2D eigenvalue weighted by Gasteiger charge is 2.17. The van der Waals surface area contributed by atoms with Crippen LogP contribution in [0.5, 0.6) is 5.75 Å². The normalized spacial score (nSPS) is 11.4. The van der Waals surface area contributed by atoms with Crippen molar-refractivity contribution >= 4 is 38.6 Å². The summed E-state index contributed by atoms with van der Waals surface area (Å²) in [5.74, 6) is 0.0255. The molecule has 0 bridgehead atoms. The van der Waals surface area contributed by atoms with Crippen molar-refractivity contribution in [2.45, 2.75) is 11.1 Å². The van der Waals surface area contributed by atoms with Crippen molar-refractivity contribution in [3.8, 4) is 5.75 Å². The maximum atomic E-state index is 11.9. The first kappa shape index (κ1) is 13.1. The van der Waals surface area contributed by atoms with E-state index in [2.05, 4.69) is 9.71 Å². The molecule has 18 heavy (non-hydrogen) atoms. The molecule has 0 saturated heterocycles. The second kappa shape index (κ2) is 4.75. The molecule has 0 amide bonds. The Labute approximate surface area is 113 Å². The fraction of sp³-hybridized carbons (Fsp3) is 0.100. The summed E-state index contributed by atoms with van der Waals surface area (Å²) in [6.45, 7) is 1.72. The number of aromatic hydroxyl groups is 1. The number of hydrogen-bond donors (Lipinski definition) is 2. The first-order valence-corrected chi connectivity index (χ1v) is 7.50. The molecular formula is C10H9ClN2O3S2. The highest BCUT2D eigenvalue weighted by atomic mass is 35.5. The van der Waals surface area contributed by atoms with Gasteiger partial charge in [-0.1, -0.05) is 29.0 Å². The number of phenols is 1. The van der Waals surface area contributed by atoms with Gasteiger partial charge in [-0.15, -0.1) is 0 Å². The molecule has 5 nitrogen and oxygen atoms in total. The van der Waals surface area contributed by atoms with Crippen molar-refractivity contribution in [2.75, 3.05) is 4.72 Å². The van der Waals surface area contributed by atoms with E-state index in [0.717, 1.165) is 11.3 Å². The Morgan fingerprint density at radius 2 is 2.17 bits per heavy atom. The number of nitrogens with one attached hydrogen (secondary N) is 1. The van der Waals surface area contributed by atoms with Gasteiger partial charge in [-0.05, 0) is 18.6 Å². The van der Waals surface area contributed by atoms with Crippen LogP contribution in [0.3, 0.4) is 0 Å². The summed E-state index contributed by atoms with van der Waals surface area (Å²) in [5, 5.41) is 9.51. The molecule has 96 valence electrons. The van der Waals surface area contributed by atoms with E-state index >= 15 is 0 Å². The van der Waals surface area contributed by atoms with Gasteiger partial charge in [-0.25, -0.2) is 13.4 Å². The second-order valence-electron chi connectivity index (χ2n) is 3.54. The van der Waals surface area contributed by atoms with Crippen molar-refractivity contribution < 1.29 is 13.5 Å². The monoisotopic (exact) mass is 304 g/mol. The summed E-state index contributed by atoms with van der Waals surface area (Å²) in [5.41, 5.74) is 0.946. The predicted octanol–water partition coefficient (Wildman–Crippen LogP) is 2.61. The van der Waals surface area contributed by atoms with Gasteiger partial charge >= 0.3 is 0 Å². The third kappa shape index (κ3) is 2.74. The van der Waals surface area contributed by atoms with E-state index < -0.39 is 10.0 Å². The molecule has 0 unspecified atom stereocenters. The lowest BCUT2D eigenvalue weighted by Crippen LogP contribution is -2.11. The molecule has 0 aliphatic carbocycles. The highest BCUT2D eigenvalue weighted by Crippen LogP contribution is 2.26. The van der Waals surface area contributed by atoms with Gasteiger partial charge in [0.15, 0.2) is 8.68 Å². The number of nitrogens with zero attached hydrogens (tertiary/aromatic N) is 1. The van der Waals surface area contributed by atoms with Crippen molar-refractivity contribution in [2.24, 2.45) is 0 Å². The molecule has 1 aromatic carbocycles. The lowest BCUT2D eigenvalue weighted by Gasteiger charge is -2.07. The van der Waals surface area contributed by atoms with Crippen LogP contribution in [0.25, 0.3) is 0 Å². The molecule has 1 aromatic heterocycles. The summed E-state index contributed by atoms with van der Waals surface area (Å²) in [7, 11) is -3.71. The molecule has 0 spiro atoms. The predicted molar refractivity (Wildman–Crippen MR) is 70.8 cm³/mol. The van der Waals surface area contributed by atoms with Gasteiger partial charge in [-0.3, -0.25) is 4.72 Å². The molecule has 1 heterocycles. The molecule has 0 fully saturated rings. The molecule has 0 saturated carbocycles. The summed E-state index contributed by atoms with van der Waals surface area (Å²) in [6.07, 6.45) is 1.18. The molecule has 0 radical (unpaired) electrons. The third-order valence-corrected chi connectivity index (χ3v) is 5.14. The van der Waals surface area contributed by atoms with Crippen LogP contribution in [0.15, 0.2) is 28.6 Å². The Morgan fingerprint density at radius 3 is 2.72 bits per heavy atom. The van der Waals surface area contributed by atoms with Gasteiger partial charge in [0.1, 0.15) is 5.75 Å². The molecule has 2 N–H and O–H groups in total. The fourth-order valence-electron chi connectivity index (χ4n) is 1.24. The number of phenolic OH excluding ortho intramolecular Hbond substituents is 1. The summed E-state index contributed by atoms with van der Waals surface area (Å²) < 4.78 is 26.4. The molecule has 2 aromatic rings. The van der Waals surface area contributed by atoms with E-state index in [4.69, 9.17) is 11.6 Å². The lowest BCUT2D eigenvalue weighted by atomic mass is 10.2. The Balaban J connectivity index is 2.30. The highest BCUT2D eigenvalue weighted by molar-refractivity contribution is 7.94. The SMILES string of the molecule is Cc1ccc(NS(=O)(=O)c2cnc(Cl)s2)cc1O. The minimum absolute atomic E-state index is 0.0209. The first-order chi connectivity index (χ1) is 8.38. The van der Waals surface area contributed by atoms with Gasteiger partial charge in [0.2, 0.25) is 0 Å². The molecule has 0 aliphatic heterocycles. The molecular weight excluding hydrogens is 296 g/mol. The number of aryl methyl sites for hydroxylation is 1. The number of aromatic nitrogens is 1. The number of halogens is 1. The van der Waals surface area contributed by atoms with E-state index in [1.54, 1.807) is 19.1 Å². The standard InChI is InChI=1S/C10H9ClN2O3S2/c1-6-2-3-7(4-8(6)14)13-18(15,16)9-5-12-10(11)17-9/h2-5,13-14H,1H3. The number of sulfonamides is 1. The smallest absolute Gasteiger partial charge is 0.273 e. The van der Waals surface area contributed by atoms with E-state index in [-0.39, 0.29) is 20.1 Å². The average Bonchev–Trinajstić information content (AvgIpc) is 2.71. The van der Waals surface area contributed by atoms with Crippen LogP contribution >= 0.6 is 22.9 Å². The van der Waals surface area contributed by atoms with Crippen LogP contribution < -0.4 is 4.72 Å². The zero-order valence-electron chi connectivity index (χ0n) is 9.21. The van der Waals surface area contributed by atoms with Crippen LogP contribution in [0.4, 0.5) is 5.69 Å². The zero-order chi connectivity index (χ0) is 13.3. The largest absolute Gasteiger partial charge is 0.508 e. The maximum absolute atomic E-state index is 11.9. The van der Waals surface area contributed by atoms with Crippen molar-refractivity contribution in [1.82, 2.24) is 4.98 Å². The number of hydrogen-bond acceptors (Lipinski definition) is 5. The van der Waals surface area contributed by atoms with E-state index in [1.807, 2.05) is 0 Å². The molecule has 0 atom stereocenters. The number of benzene rings is 1. The summed E-state index contributed by atoms with van der Waals surface area (Å²) >= 11 is 6.45. The van der Waals surface area contributed by atoms with E-state index in [9.17, 15) is 13.5 Å². The van der Waals surface area contributed by atoms with E-state index in [0.29, 0.717) is 5.56 Å². The van der Waals surface area contributed by atoms with Crippen LogP contribution in [0, 0.1) is 6.92 Å². The zero-order valence-corrected chi connectivity index (χ0v) is 11.6. The Bertz CT molecular complexity index is 682. The average molecular weight is 305 g/mol. The Kier molecular flexibility index (Phi) is 3.47. The number of rotatable bonds is 3. The topological polar surface area (TPSA) is 79.3 Å². The minimum Gasteiger partial charge on any atom is -0.508 e. The van der Waals surface area contributed by atoms with Crippen LogP contribution in [-0.2, 0) is 10.0 Å². The van der Waals surface area contributed by atoms with E-state index in [1.165, 1.54) is 12.3 Å². The summed E-state index contributed by atoms with van der Waals surface area (Å²) in [4.78, 5) is 3.67. The van der Waals surface area contributed by atoms with Gasteiger partial charge in [0.25, 0.3) is 10.0 Å². The van der Waals surface area contributed by atoms with Crippen LogP contribution in [-0.4, -0.2) is 18.5 Å². The Hall–Kier alpha value is -1.31. The minimum atomic E-state index is -3.71. The molecule has 0 aliphatic rings. The fourth-order valence-corrected chi connectivity index (χ4v) is 3.58. The van der Waals surface area contributed by atoms with Crippen LogP contribution in [0.2, 0.25) is 4.47 Å². The first-order valence-electron chi connectivity index (χ1n) is 4.82. The second-order valence-corrected chi connectivity index (χ2v) is 7.06. The lowest BCUT2D eigenvalue weighted by molar-refractivity contribution is 0.471. The molecule has 8 heteroatoms. The quantitative estimate of drug-likeness (QED) is 0.913. The van der Waals surface area contributed by atoms with Gasteiger partial charge in [-0.2, -0.15) is 0 Å². The van der Waals surface area contributed by atoms with Crippen molar-refractivity contribution in [3.63, 3.8) is 0 Å². The molecule has 2 rings (SSSR count). The number of thiazole rings is 1. The Morgan fingerprint density at radius 1 is 1.44 bits per heavy atom. The van der Waals surface area contributed by atoms with Crippen LogP contribution in [0.1, 0.15) is 5.56 Å². The van der Waals surface area contributed by atoms with Crippen molar-refractivity contribution in [3.05, 3.63) is 34.4 Å². The third-order valence-electron chi connectivity index (χ3n) is 2.18. The summed E-state index contributed by atoms with van der Waals surface area (Å²) in [6, 6.07) is 4.53. The van der Waals surface area contributed by atoms with Gasteiger partial charge in [0, 0.05) is 6.07 Å².